The standard InChI is InChI=1S/C17H17BrN2O/c1-3-8-21-16-7-5-12(10-13(16)18)17-19-14-6-4-11(2)9-15(14)20-17/h4-7,9-10H,3,8H2,1-2H3,(H,19,20). The zero-order valence-electron chi connectivity index (χ0n) is 12.1. The summed E-state index contributed by atoms with van der Waals surface area (Å²) >= 11 is 3.56. The molecule has 3 nitrogen and oxygen atoms in total. The molecule has 0 saturated carbocycles. The number of imidazole rings is 1. The summed E-state index contributed by atoms with van der Waals surface area (Å²) in [6.45, 7) is 4.90. The second-order valence-electron chi connectivity index (χ2n) is 5.10. The van der Waals surface area contributed by atoms with Gasteiger partial charge in [-0.15, -0.1) is 0 Å². The molecule has 0 radical (unpaired) electrons. The van der Waals surface area contributed by atoms with Crippen molar-refractivity contribution in [3.63, 3.8) is 0 Å². The number of nitrogens with one attached hydrogen (secondary N) is 1. The van der Waals surface area contributed by atoms with Crippen LogP contribution in [0.1, 0.15) is 18.9 Å². The number of rotatable bonds is 4. The minimum absolute atomic E-state index is 0.724. The summed E-state index contributed by atoms with van der Waals surface area (Å²) < 4.78 is 6.62. The zero-order chi connectivity index (χ0) is 14.8. The first-order valence-electron chi connectivity index (χ1n) is 7.06. The van der Waals surface area contributed by atoms with Crippen molar-refractivity contribution < 1.29 is 4.74 Å². The van der Waals surface area contributed by atoms with Crippen molar-refractivity contribution in [3.8, 4) is 17.1 Å². The number of aryl methyl sites for hydroxylation is 1. The maximum absolute atomic E-state index is 5.67. The van der Waals surface area contributed by atoms with Gasteiger partial charge >= 0.3 is 0 Å². The summed E-state index contributed by atoms with van der Waals surface area (Å²) in [6, 6.07) is 12.3. The molecule has 4 heteroatoms. The number of hydrogen-bond acceptors (Lipinski definition) is 2. The van der Waals surface area contributed by atoms with Crippen LogP contribution < -0.4 is 4.74 Å². The summed E-state index contributed by atoms with van der Waals surface area (Å²) in [4.78, 5) is 8.01. The van der Waals surface area contributed by atoms with Crippen molar-refractivity contribution in [1.82, 2.24) is 9.97 Å². The maximum Gasteiger partial charge on any atom is 0.138 e. The van der Waals surface area contributed by atoms with E-state index in [2.05, 4.69) is 51.9 Å². The van der Waals surface area contributed by atoms with Gasteiger partial charge in [-0.1, -0.05) is 13.0 Å². The number of fused-ring (bicyclic) bond motifs is 1. The van der Waals surface area contributed by atoms with Crippen LogP contribution in [0, 0.1) is 6.92 Å². The molecule has 0 atom stereocenters. The lowest BCUT2D eigenvalue weighted by Gasteiger charge is -2.07. The number of H-pyrrole nitrogens is 1. The molecular formula is C17H17BrN2O. The molecule has 3 rings (SSSR count). The van der Waals surface area contributed by atoms with Gasteiger partial charge in [-0.3, -0.25) is 0 Å². The van der Waals surface area contributed by atoms with Crippen LogP contribution in [0.3, 0.4) is 0 Å². The third-order valence-corrected chi connectivity index (χ3v) is 3.92. The quantitative estimate of drug-likeness (QED) is 0.715. The Balaban J connectivity index is 1.96. The average molecular weight is 345 g/mol. The summed E-state index contributed by atoms with van der Waals surface area (Å²) in [5, 5.41) is 0. The molecule has 1 N–H and O–H groups in total. The minimum Gasteiger partial charge on any atom is -0.492 e. The Morgan fingerprint density at radius 2 is 2.05 bits per heavy atom. The van der Waals surface area contributed by atoms with Crippen LogP contribution in [0.25, 0.3) is 22.4 Å². The highest BCUT2D eigenvalue weighted by atomic mass is 79.9. The smallest absolute Gasteiger partial charge is 0.138 e. The predicted octanol–water partition coefficient (Wildman–Crippen LogP) is 5.09. The average Bonchev–Trinajstić information content (AvgIpc) is 2.89. The molecule has 0 fully saturated rings. The largest absolute Gasteiger partial charge is 0.492 e. The Hall–Kier alpha value is -1.81. The van der Waals surface area contributed by atoms with Gasteiger partial charge in [0.1, 0.15) is 11.6 Å². The monoisotopic (exact) mass is 344 g/mol. The van der Waals surface area contributed by atoms with Crippen molar-refractivity contribution in [3.05, 3.63) is 46.4 Å². The van der Waals surface area contributed by atoms with Gasteiger partial charge in [-0.25, -0.2) is 4.98 Å². The molecule has 0 bridgehead atoms. The Labute approximate surface area is 132 Å². The summed E-state index contributed by atoms with van der Waals surface area (Å²) in [5.74, 6) is 1.74. The molecule has 0 aliphatic heterocycles. The van der Waals surface area contributed by atoms with Crippen molar-refractivity contribution in [2.24, 2.45) is 0 Å². The lowest BCUT2D eigenvalue weighted by atomic mass is 10.2. The number of benzene rings is 2. The van der Waals surface area contributed by atoms with Crippen LogP contribution in [0.5, 0.6) is 5.75 Å². The minimum atomic E-state index is 0.724. The Morgan fingerprint density at radius 3 is 2.81 bits per heavy atom. The highest BCUT2D eigenvalue weighted by Gasteiger charge is 2.08. The van der Waals surface area contributed by atoms with Crippen LogP contribution in [-0.4, -0.2) is 16.6 Å². The van der Waals surface area contributed by atoms with E-state index in [4.69, 9.17) is 4.74 Å². The highest BCUT2D eigenvalue weighted by molar-refractivity contribution is 9.10. The predicted molar refractivity (Wildman–Crippen MR) is 89.8 cm³/mol. The second kappa shape index (κ2) is 5.90. The van der Waals surface area contributed by atoms with Gasteiger partial charge in [-0.05, 0) is 65.2 Å². The SMILES string of the molecule is CCCOc1ccc(-c2nc3ccc(C)cc3[nH]2)cc1Br. The van der Waals surface area contributed by atoms with Crippen LogP contribution in [0.4, 0.5) is 0 Å². The number of halogens is 1. The Bertz CT molecular complexity index is 780. The van der Waals surface area contributed by atoms with E-state index < -0.39 is 0 Å². The Kier molecular flexibility index (Phi) is 3.97. The number of aromatic nitrogens is 2. The van der Waals surface area contributed by atoms with E-state index in [0.717, 1.165) is 45.7 Å². The van der Waals surface area contributed by atoms with Gasteiger partial charge in [0.05, 0.1) is 22.1 Å². The number of hydrogen-bond donors (Lipinski definition) is 1. The van der Waals surface area contributed by atoms with Gasteiger partial charge in [0.2, 0.25) is 0 Å². The van der Waals surface area contributed by atoms with E-state index in [-0.39, 0.29) is 0 Å². The maximum atomic E-state index is 5.67. The molecule has 1 heterocycles. The van der Waals surface area contributed by atoms with Crippen molar-refractivity contribution >= 4 is 27.0 Å². The first-order valence-corrected chi connectivity index (χ1v) is 7.86. The highest BCUT2D eigenvalue weighted by Crippen LogP contribution is 2.30. The first kappa shape index (κ1) is 14.1. The van der Waals surface area contributed by atoms with Gasteiger partial charge < -0.3 is 9.72 Å². The fraction of sp³-hybridized carbons (Fsp3) is 0.235. The third-order valence-electron chi connectivity index (χ3n) is 3.30. The molecule has 2 aromatic carbocycles. The molecule has 0 amide bonds. The first-order chi connectivity index (χ1) is 10.2. The fourth-order valence-corrected chi connectivity index (χ4v) is 2.73. The van der Waals surface area contributed by atoms with Gasteiger partial charge in [0, 0.05) is 5.56 Å². The van der Waals surface area contributed by atoms with Gasteiger partial charge in [0.15, 0.2) is 0 Å². The van der Waals surface area contributed by atoms with Crippen LogP contribution >= 0.6 is 15.9 Å². The summed E-state index contributed by atoms with van der Waals surface area (Å²) in [6.07, 6.45) is 0.997. The molecule has 21 heavy (non-hydrogen) atoms. The zero-order valence-corrected chi connectivity index (χ0v) is 13.7. The van der Waals surface area contributed by atoms with Gasteiger partial charge in [0.25, 0.3) is 0 Å². The van der Waals surface area contributed by atoms with Gasteiger partial charge in [-0.2, -0.15) is 0 Å². The topological polar surface area (TPSA) is 37.9 Å². The molecule has 0 unspecified atom stereocenters. The second-order valence-corrected chi connectivity index (χ2v) is 5.95. The molecule has 0 spiro atoms. The molecule has 3 aromatic rings. The van der Waals surface area contributed by atoms with Crippen molar-refractivity contribution in [1.29, 1.82) is 0 Å². The molecule has 108 valence electrons. The summed E-state index contributed by atoms with van der Waals surface area (Å²) in [7, 11) is 0. The van der Waals surface area contributed by atoms with E-state index in [0.29, 0.717) is 0 Å². The van der Waals surface area contributed by atoms with E-state index in [1.807, 2.05) is 24.3 Å². The lowest BCUT2D eigenvalue weighted by molar-refractivity contribution is 0.315. The van der Waals surface area contributed by atoms with Crippen molar-refractivity contribution in [2.45, 2.75) is 20.3 Å². The normalized spacial score (nSPS) is 11.0. The van der Waals surface area contributed by atoms with Crippen LogP contribution in [-0.2, 0) is 0 Å². The number of nitrogens with zero attached hydrogens (tertiary/aromatic N) is 1. The van der Waals surface area contributed by atoms with Crippen LogP contribution in [0.15, 0.2) is 40.9 Å². The third kappa shape index (κ3) is 2.95. The van der Waals surface area contributed by atoms with Crippen molar-refractivity contribution in [2.75, 3.05) is 6.61 Å². The molecule has 1 aromatic heterocycles. The van der Waals surface area contributed by atoms with E-state index in [1.165, 1.54) is 5.56 Å². The van der Waals surface area contributed by atoms with E-state index in [9.17, 15) is 0 Å². The van der Waals surface area contributed by atoms with E-state index >= 15 is 0 Å². The molecule has 0 saturated heterocycles. The lowest BCUT2D eigenvalue weighted by Crippen LogP contribution is -1.95. The molecule has 0 aliphatic rings. The van der Waals surface area contributed by atoms with E-state index in [1.54, 1.807) is 0 Å². The summed E-state index contributed by atoms with van der Waals surface area (Å²) in [5.41, 5.74) is 4.31. The molecular weight excluding hydrogens is 328 g/mol. The number of aromatic amines is 1. The molecule has 0 aliphatic carbocycles. The van der Waals surface area contributed by atoms with Crippen LogP contribution in [0.2, 0.25) is 0 Å². The number of ether oxygens (including phenoxy) is 1. The fourth-order valence-electron chi connectivity index (χ4n) is 2.24. The Morgan fingerprint density at radius 1 is 1.19 bits per heavy atom.